The molecule has 2 aromatic carbocycles. The van der Waals surface area contributed by atoms with Crippen LogP contribution in [0.25, 0.3) is 5.69 Å². The van der Waals surface area contributed by atoms with Crippen LogP contribution in [0.15, 0.2) is 59.6 Å². The second-order valence-corrected chi connectivity index (χ2v) is 5.68. The Labute approximate surface area is 144 Å². The maximum Gasteiger partial charge on any atom is 0.271 e. The van der Waals surface area contributed by atoms with Crippen LogP contribution in [-0.4, -0.2) is 15.7 Å². The molecular formula is C19H16FN3O2. The molecule has 25 heavy (non-hydrogen) atoms. The van der Waals surface area contributed by atoms with Gasteiger partial charge in [0, 0.05) is 35.3 Å². The first-order valence-corrected chi connectivity index (χ1v) is 7.69. The molecule has 5 nitrogen and oxygen atoms in total. The van der Waals surface area contributed by atoms with E-state index in [0.29, 0.717) is 5.69 Å². The first-order chi connectivity index (χ1) is 12.0. The van der Waals surface area contributed by atoms with Crippen LogP contribution in [0.3, 0.4) is 0 Å². The summed E-state index contributed by atoms with van der Waals surface area (Å²) in [7, 11) is 0. The summed E-state index contributed by atoms with van der Waals surface area (Å²) >= 11 is 0. The number of aryl methyl sites for hydroxylation is 1. The third-order valence-corrected chi connectivity index (χ3v) is 3.93. The summed E-state index contributed by atoms with van der Waals surface area (Å²) in [6.07, 6.45) is 1.67. The van der Waals surface area contributed by atoms with Crippen molar-refractivity contribution >= 4 is 17.6 Å². The smallest absolute Gasteiger partial charge is 0.271 e. The molecule has 0 fully saturated rings. The Morgan fingerprint density at radius 2 is 1.88 bits per heavy atom. The number of nitro groups is 1. The zero-order valence-electron chi connectivity index (χ0n) is 13.8. The molecule has 0 radical (unpaired) electrons. The number of benzene rings is 2. The second-order valence-electron chi connectivity index (χ2n) is 5.68. The number of nitro benzene ring substituents is 1. The number of hydrogen-bond acceptors (Lipinski definition) is 3. The van der Waals surface area contributed by atoms with Crippen LogP contribution >= 0.6 is 0 Å². The van der Waals surface area contributed by atoms with Gasteiger partial charge in [-0.1, -0.05) is 12.1 Å². The molecule has 126 valence electrons. The number of non-ortho nitro benzene ring substituents is 1. The van der Waals surface area contributed by atoms with Crippen LogP contribution in [0, 0.1) is 29.8 Å². The standard InChI is InChI=1S/C19H16FN3O2/c1-13-9-15(12-21-17-6-3-5-16(20)10-17)14(2)22(13)18-7-4-8-19(11-18)23(24)25/h3-12H,1-2H3. The van der Waals surface area contributed by atoms with Crippen molar-refractivity contribution in [3.8, 4) is 5.69 Å². The topological polar surface area (TPSA) is 60.4 Å². The van der Waals surface area contributed by atoms with Gasteiger partial charge in [0.1, 0.15) is 5.82 Å². The van der Waals surface area contributed by atoms with E-state index in [1.807, 2.05) is 30.5 Å². The SMILES string of the molecule is Cc1cc(C=Nc2cccc(F)c2)c(C)n1-c1cccc([N+](=O)[O-])c1. The zero-order chi connectivity index (χ0) is 18.0. The largest absolute Gasteiger partial charge is 0.318 e. The Bertz CT molecular complexity index is 977. The van der Waals surface area contributed by atoms with E-state index < -0.39 is 4.92 Å². The highest BCUT2D eigenvalue weighted by molar-refractivity contribution is 5.84. The van der Waals surface area contributed by atoms with Gasteiger partial charge >= 0.3 is 0 Å². The molecule has 6 heteroatoms. The van der Waals surface area contributed by atoms with Gasteiger partial charge in [0.15, 0.2) is 0 Å². The highest BCUT2D eigenvalue weighted by Gasteiger charge is 2.12. The normalized spacial score (nSPS) is 11.2. The van der Waals surface area contributed by atoms with Crippen molar-refractivity contribution in [2.75, 3.05) is 0 Å². The Kier molecular flexibility index (Phi) is 4.43. The van der Waals surface area contributed by atoms with Gasteiger partial charge in [-0.05, 0) is 44.2 Å². The lowest BCUT2D eigenvalue weighted by Gasteiger charge is -2.09. The van der Waals surface area contributed by atoms with Gasteiger partial charge in [0.05, 0.1) is 16.3 Å². The van der Waals surface area contributed by atoms with Gasteiger partial charge in [-0.25, -0.2) is 4.39 Å². The molecule has 0 atom stereocenters. The highest BCUT2D eigenvalue weighted by atomic mass is 19.1. The molecular weight excluding hydrogens is 321 g/mol. The monoisotopic (exact) mass is 337 g/mol. The van der Waals surface area contributed by atoms with Crippen molar-refractivity contribution in [2.24, 2.45) is 4.99 Å². The van der Waals surface area contributed by atoms with Gasteiger partial charge in [-0.15, -0.1) is 0 Å². The Morgan fingerprint density at radius 3 is 2.60 bits per heavy atom. The first kappa shape index (κ1) is 16.6. The fraction of sp³-hybridized carbons (Fsp3) is 0.105. The van der Waals surface area contributed by atoms with Gasteiger partial charge in [-0.3, -0.25) is 15.1 Å². The van der Waals surface area contributed by atoms with Crippen LogP contribution in [0.1, 0.15) is 17.0 Å². The average Bonchev–Trinajstić information content (AvgIpc) is 2.87. The first-order valence-electron chi connectivity index (χ1n) is 7.69. The van der Waals surface area contributed by atoms with Gasteiger partial charge in [-0.2, -0.15) is 0 Å². The Balaban J connectivity index is 1.99. The number of nitrogens with zero attached hydrogens (tertiary/aromatic N) is 3. The van der Waals surface area contributed by atoms with Gasteiger partial charge < -0.3 is 4.57 Å². The van der Waals surface area contributed by atoms with Crippen molar-refractivity contribution in [1.82, 2.24) is 4.57 Å². The predicted molar refractivity (Wildman–Crippen MR) is 95.6 cm³/mol. The van der Waals surface area contributed by atoms with E-state index in [1.165, 1.54) is 24.3 Å². The molecule has 0 saturated heterocycles. The second kappa shape index (κ2) is 6.68. The molecule has 0 amide bonds. The number of rotatable bonds is 4. The van der Waals surface area contributed by atoms with Crippen molar-refractivity contribution in [2.45, 2.75) is 13.8 Å². The maximum atomic E-state index is 13.2. The van der Waals surface area contributed by atoms with Crippen molar-refractivity contribution in [3.05, 3.63) is 87.5 Å². The minimum atomic E-state index is -0.413. The third-order valence-electron chi connectivity index (χ3n) is 3.93. The maximum absolute atomic E-state index is 13.2. The lowest BCUT2D eigenvalue weighted by molar-refractivity contribution is -0.384. The molecule has 0 spiro atoms. The fourth-order valence-electron chi connectivity index (χ4n) is 2.76. The summed E-state index contributed by atoms with van der Waals surface area (Å²) in [4.78, 5) is 14.9. The van der Waals surface area contributed by atoms with Crippen molar-refractivity contribution in [3.63, 3.8) is 0 Å². The summed E-state index contributed by atoms with van der Waals surface area (Å²) < 4.78 is 15.2. The lowest BCUT2D eigenvalue weighted by atomic mass is 10.2. The van der Waals surface area contributed by atoms with E-state index in [-0.39, 0.29) is 11.5 Å². The van der Waals surface area contributed by atoms with E-state index >= 15 is 0 Å². The number of aromatic nitrogens is 1. The molecule has 0 aliphatic carbocycles. The lowest BCUT2D eigenvalue weighted by Crippen LogP contribution is -2.00. The quantitative estimate of drug-likeness (QED) is 0.386. The van der Waals surface area contributed by atoms with E-state index in [9.17, 15) is 14.5 Å². The molecule has 1 aromatic heterocycles. The van der Waals surface area contributed by atoms with E-state index in [2.05, 4.69) is 4.99 Å². The minimum Gasteiger partial charge on any atom is -0.318 e. The van der Waals surface area contributed by atoms with Crippen LogP contribution in [0.4, 0.5) is 15.8 Å². The Hall–Kier alpha value is -3.28. The number of halogens is 1. The molecule has 0 unspecified atom stereocenters. The van der Waals surface area contributed by atoms with Crippen LogP contribution in [0.5, 0.6) is 0 Å². The van der Waals surface area contributed by atoms with E-state index in [1.54, 1.807) is 24.4 Å². The fourth-order valence-corrected chi connectivity index (χ4v) is 2.76. The van der Waals surface area contributed by atoms with Gasteiger partial charge in [0.25, 0.3) is 5.69 Å². The zero-order valence-corrected chi connectivity index (χ0v) is 13.8. The average molecular weight is 337 g/mol. The van der Waals surface area contributed by atoms with Crippen molar-refractivity contribution < 1.29 is 9.31 Å². The summed E-state index contributed by atoms with van der Waals surface area (Å²) in [5.41, 5.74) is 3.99. The van der Waals surface area contributed by atoms with Crippen LogP contribution in [0.2, 0.25) is 0 Å². The molecule has 1 heterocycles. The number of hydrogen-bond donors (Lipinski definition) is 0. The third kappa shape index (κ3) is 3.47. The molecule has 3 aromatic rings. The molecule has 0 N–H and O–H groups in total. The minimum absolute atomic E-state index is 0.0416. The molecule has 0 bridgehead atoms. The summed E-state index contributed by atoms with van der Waals surface area (Å²) in [6, 6.07) is 14.5. The summed E-state index contributed by atoms with van der Waals surface area (Å²) in [5, 5.41) is 11.0. The molecule has 0 aliphatic rings. The summed E-state index contributed by atoms with van der Waals surface area (Å²) in [5.74, 6) is -0.336. The van der Waals surface area contributed by atoms with Crippen LogP contribution in [-0.2, 0) is 0 Å². The highest BCUT2D eigenvalue weighted by Crippen LogP contribution is 2.23. The molecule has 0 aliphatic heterocycles. The van der Waals surface area contributed by atoms with Crippen LogP contribution < -0.4 is 0 Å². The van der Waals surface area contributed by atoms with Crippen molar-refractivity contribution in [1.29, 1.82) is 0 Å². The number of aliphatic imine (C=N–C) groups is 1. The molecule has 3 rings (SSSR count). The van der Waals surface area contributed by atoms with E-state index in [4.69, 9.17) is 0 Å². The Morgan fingerprint density at radius 1 is 1.12 bits per heavy atom. The van der Waals surface area contributed by atoms with Gasteiger partial charge in [0.2, 0.25) is 0 Å². The predicted octanol–water partition coefficient (Wildman–Crippen LogP) is 4.89. The molecule has 0 saturated carbocycles. The summed E-state index contributed by atoms with van der Waals surface area (Å²) in [6.45, 7) is 3.84. The van der Waals surface area contributed by atoms with E-state index in [0.717, 1.165) is 22.6 Å².